The number of carbonyl (C=O) groups excluding carboxylic acids is 1. The van der Waals surface area contributed by atoms with Gasteiger partial charge in [0.2, 0.25) is 5.95 Å². The Kier molecular flexibility index (Phi) is 8.01. The number of aromatic nitrogens is 3. The number of alkyl halides is 3. The standard InChI is InChI=1S/C23H27F3N8OS/c1-3-33-8-10-34(11-9-33)14-15-4-5-16(12-17(15)23(24,25)26)30-21(35)32-22-29-13-19(36-22)18-6-7-28-20(27-2)31-18/h4-7,12-13H,3,8-11,14H2,1-2H3,(H,27,28,31)(H2,29,30,32,35). The summed E-state index contributed by atoms with van der Waals surface area (Å²) in [6.45, 7) is 6.32. The van der Waals surface area contributed by atoms with Gasteiger partial charge in [-0.15, -0.1) is 0 Å². The fourth-order valence-electron chi connectivity index (χ4n) is 3.89. The number of urea groups is 1. The molecule has 1 aromatic carbocycles. The number of amides is 2. The highest BCUT2D eigenvalue weighted by Crippen LogP contribution is 2.35. The lowest BCUT2D eigenvalue weighted by molar-refractivity contribution is -0.138. The summed E-state index contributed by atoms with van der Waals surface area (Å²) in [6.07, 6.45) is -1.39. The number of halogens is 3. The molecule has 3 N–H and O–H groups in total. The minimum absolute atomic E-state index is 0.0469. The molecule has 3 heterocycles. The number of anilines is 3. The van der Waals surface area contributed by atoms with E-state index in [1.54, 1.807) is 25.5 Å². The van der Waals surface area contributed by atoms with Crippen LogP contribution in [0.4, 0.5) is 34.7 Å². The number of nitrogens with zero attached hydrogens (tertiary/aromatic N) is 5. The first kappa shape index (κ1) is 25.8. The molecule has 0 spiro atoms. The van der Waals surface area contributed by atoms with E-state index in [0.717, 1.165) is 25.7 Å². The number of rotatable bonds is 7. The molecule has 2 aromatic heterocycles. The fourth-order valence-corrected chi connectivity index (χ4v) is 4.67. The van der Waals surface area contributed by atoms with E-state index in [-0.39, 0.29) is 22.9 Å². The first-order chi connectivity index (χ1) is 17.2. The van der Waals surface area contributed by atoms with Crippen molar-refractivity contribution in [3.05, 3.63) is 47.8 Å². The third kappa shape index (κ3) is 6.47. The predicted molar refractivity (Wildman–Crippen MR) is 134 cm³/mol. The molecule has 0 unspecified atom stereocenters. The van der Waals surface area contributed by atoms with Crippen LogP contribution >= 0.6 is 11.3 Å². The zero-order valence-corrected chi connectivity index (χ0v) is 20.7. The molecule has 0 radical (unpaired) electrons. The fraction of sp³-hybridized carbons (Fsp3) is 0.391. The number of thiazole rings is 1. The zero-order chi connectivity index (χ0) is 25.7. The summed E-state index contributed by atoms with van der Waals surface area (Å²) >= 11 is 1.18. The lowest BCUT2D eigenvalue weighted by atomic mass is 10.0. The third-order valence-electron chi connectivity index (χ3n) is 5.84. The molecule has 1 aliphatic heterocycles. The summed E-state index contributed by atoms with van der Waals surface area (Å²) in [5.74, 6) is 0.445. The van der Waals surface area contributed by atoms with Crippen molar-refractivity contribution in [2.24, 2.45) is 0 Å². The number of piperazine rings is 1. The molecule has 1 saturated heterocycles. The lowest BCUT2D eigenvalue weighted by Crippen LogP contribution is -2.45. The molecule has 3 aromatic rings. The normalized spacial score (nSPS) is 15.0. The number of hydrogen-bond acceptors (Lipinski definition) is 8. The van der Waals surface area contributed by atoms with Gasteiger partial charge in [0.05, 0.1) is 16.1 Å². The minimum atomic E-state index is -4.54. The number of nitrogens with one attached hydrogen (secondary N) is 3. The highest BCUT2D eigenvalue weighted by molar-refractivity contribution is 7.19. The lowest BCUT2D eigenvalue weighted by Gasteiger charge is -2.34. The van der Waals surface area contributed by atoms with Gasteiger partial charge in [0.15, 0.2) is 5.13 Å². The molecule has 1 aliphatic rings. The van der Waals surface area contributed by atoms with E-state index in [1.165, 1.54) is 23.5 Å². The van der Waals surface area contributed by atoms with Crippen LogP contribution in [0.5, 0.6) is 0 Å². The summed E-state index contributed by atoms with van der Waals surface area (Å²) in [6, 6.07) is 4.92. The molecule has 13 heteroatoms. The second-order valence-corrected chi connectivity index (χ2v) is 9.24. The summed E-state index contributed by atoms with van der Waals surface area (Å²) in [5.41, 5.74) is 0.111. The van der Waals surface area contributed by atoms with E-state index in [4.69, 9.17) is 0 Å². The summed E-state index contributed by atoms with van der Waals surface area (Å²) in [5, 5.41) is 8.17. The maximum Gasteiger partial charge on any atom is 0.416 e. The average Bonchev–Trinajstić information content (AvgIpc) is 3.33. The molecule has 1 fully saturated rings. The summed E-state index contributed by atoms with van der Waals surface area (Å²) < 4.78 is 41.5. The number of likely N-dealkylation sites (N-methyl/N-ethyl adjacent to an activating group) is 1. The van der Waals surface area contributed by atoms with Crippen molar-refractivity contribution in [2.45, 2.75) is 19.6 Å². The van der Waals surface area contributed by atoms with Gasteiger partial charge < -0.3 is 15.5 Å². The number of benzene rings is 1. The molecule has 192 valence electrons. The molecule has 2 amide bonds. The Morgan fingerprint density at radius 1 is 1.08 bits per heavy atom. The van der Waals surface area contributed by atoms with Gasteiger partial charge in [0.1, 0.15) is 0 Å². The smallest absolute Gasteiger partial charge is 0.357 e. The maximum absolute atomic E-state index is 13.8. The molecule has 0 aliphatic carbocycles. The van der Waals surface area contributed by atoms with Crippen molar-refractivity contribution in [1.29, 1.82) is 0 Å². The van der Waals surface area contributed by atoms with Crippen molar-refractivity contribution < 1.29 is 18.0 Å². The number of hydrogen-bond donors (Lipinski definition) is 3. The van der Waals surface area contributed by atoms with Gasteiger partial charge in [-0.25, -0.2) is 19.7 Å². The van der Waals surface area contributed by atoms with Crippen LogP contribution < -0.4 is 16.0 Å². The molecule has 0 saturated carbocycles. The van der Waals surface area contributed by atoms with E-state index in [1.807, 2.05) is 4.90 Å². The van der Waals surface area contributed by atoms with Gasteiger partial charge in [0, 0.05) is 57.9 Å². The van der Waals surface area contributed by atoms with Crippen LogP contribution in [0.25, 0.3) is 10.6 Å². The maximum atomic E-state index is 13.8. The van der Waals surface area contributed by atoms with Crippen LogP contribution in [0.1, 0.15) is 18.1 Å². The summed E-state index contributed by atoms with van der Waals surface area (Å²) in [4.78, 5) is 30.0. The zero-order valence-electron chi connectivity index (χ0n) is 19.9. The molecule has 4 rings (SSSR count). The van der Waals surface area contributed by atoms with Crippen LogP contribution in [0.15, 0.2) is 36.7 Å². The first-order valence-electron chi connectivity index (χ1n) is 11.4. The second-order valence-electron chi connectivity index (χ2n) is 8.20. The highest BCUT2D eigenvalue weighted by Gasteiger charge is 2.34. The van der Waals surface area contributed by atoms with Crippen LogP contribution in [-0.4, -0.2) is 70.6 Å². The van der Waals surface area contributed by atoms with Gasteiger partial charge in [-0.3, -0.25) is 10.2 Å². The first-order valence-corrected chi connectivity index (χ1v) is 12.3. The Morgan fingerprint density at radius 3 is 2.53 bits per heavy atom. The van der Waals surface area contributed by atoms with E-state index in [2.05, 4.69) is 42.7 Å². The van der Waals surface area contributed by atoms with Crippen LogP contribution in [0.2, 0.25) is 0 Å². The van der Waals surface area contributed by atoms with Gasteiger partial charge >= 0.3 is 12.2 Å². The quantitative estimate of drug-likeness (QED) is 0.424. The molecule has 36 heavy (non-hydrogen) atoms. The largest absolute Gasteiger partial charge is 0.416 e. The van der Waals surface area contributed by atoms with Gasteiger partial charge in [-0.2, -0.15) is 13.2 Å². The monoisotopic (exact) mass is 520 g/mol. The van der Waals surface area contributed by atoms with Crippen molar-refractivity contribution in [3.63, 3.8) is 0 Å². The van der Waals surface area contributed by atoms with Crippen molar-refractivity contribution in [2.75, 3.05) is 55.7 Å². The van der Waals surface area contributed by atoms with E-state index in [0.29, 0.717) is 29.6 Å². The predicted octanol–water partition coefficient (Wildman–Crippen LogP) is 4.44. The molecule has 0 bridgehead atoms. The SMILES string of the molecule is CCN1CCN(Cc2ccc(NC(=O)Nc3ncc(-c4ccnc(NC)n4)s3)cc2C(F)(F)F)CC1. The van der Waals surface area contributed by atoms with Crippen molar-refractivity contribution >= 4 is 34.1 Å². The Morgan fingerprint density at radius 2 is 1.83 bits per heavy atom. The Balaban J connectivity index is 1.42. The van der Waals surface area contributed by atoms with E-state index >= 15 is 0 Å². The van der Waals surface area contributed by atoms with Crippen LogP contribution in [-0.2, 0) is 12.7 Å². The Labute approximate surface area is 210 Å². The third-order valence-corrected chi connectivity index (χ3v) is 6.77. The van der Waals surface area contributed by atoms with E-state index < -0.39 is 17.8 Å². The van der Waals surface area contributed by atoms with Crippen molar-refractivity contribution in [3.8, 4) is 10.6 Å². The second kappa shape index (κ2) is 11.2. The van der Waals surface area contributed by atoms with Crippen molar-refractivity contribution in [1.82, 2.24) is 24.8 Å². The molecule has 9 nitrogen and oxygen atoms in total. The van der Waals surface area contributed by atoms with Gasteiger partial charge in [0.25, 0.3) is 0 Å². The van der Waals surface area contributed by atoms with Gasteiger partial charge in [-0.05, 0) is 30.3 Å². The minimum Gasteiger partial charge on any atom is -0.357 e. The average molecular weight is 521 g/mol. The topological polar surface area (TPSA) is 98.3 Å². The molecular formula is C23H27F3N8OS. The van der Waals surface area contributed by atoms with Crippen LogP contribution in [0, 0.1) is 0 Å². The molecular weight excluding hydrogens is 493 g/mol. The Hall–Kier alpha value is -3.29. The van der Waals surface area contributed by atoms with Crippen LogP contribution in [0.3, 0.4) is 0 Å². The highest BCUT2D eigenvalue weighted by atomic mass is 32.1. The Bertz CT molecular complexity index is 1190. The van der Waals surface area contributed by atoms with Gasteiger partial charge in [-0.1, -0.05) is 24.3 Å². The summed E-state index contributed by atoms with van der Waals surface area (Å²) in [7, 11) is 1.70. The van der Waals surface area contributed by atoms with E-state index in [9.17, 15) is 18.0 Å². The number of carbonyl (C=O) groups is 1. The molecule has 0 atom stereocenters.